The number of hydrogen-bond acceptors (Lipinski definition) is 2. The first-order valence-corrected chi connectivity index (χ1v) is 4.70. The summed E-state index contributed by atoms with van der Waals surface area (Å²) in [7, 11) is 0. The highest BCUT2D eigenvalue weighted by atomic mass is 16.1. The van der Waals surface area contributed by atoms with Gasteiger partial charge in [0.25, 0.3) is 0 Å². The van der Waals surface area contributed by atoms with Gasteiger partial charge in [0, 0.05) is 11.6 Å². The quantitative estimate of drug-likeness (QED) is 0.650. The molecule has 1 aliphatic rings. The van der Waals surface area contributed by atoms with E-state index in [-0.39, 0.29) is 5.92 Å². The Morgan fingerprint density at radius 2 is 2.46 bits per heavy atom. The maximum absolute atomic E-state index is 11.2. The largest absolute Gasteiger partial charge is 0.300 e. The summed E-state index contributed by atoms with van der Waals surface area (Å²) >= 11 is 0. The Bertz CT molecular complexity index is 341. The molecule has 1 aliphatic heterocycles. The molecular weight excluding hydrogens is 164 g/mol. The van der Waals surface area contributed by atoms with E-state index < -0.39 is 0 Å². The number of Topliss-reactive ketones (excluding diaryl/α,β-unsaturated/α-hetero) is 1. The van der Waals surface area contributed by atoms with E-state index in [1.54, 1.807) is 6.92 Å². The summed E-state index contributed by atoms with van der Waals surface area (Å²) in [6.45, 7) is 4.44. The van der Waals surface area contributed by atoms with Gasteiger partial charge in [-0.15, -0.1) is 0 Å². The maximum Gasteiger partial charge on any atom is 0.134 e. The minimum absolute atomic E-state index is 0.187. The van der Waals surface area contributed by atoms with Gasteiger partial charge in [0.05, 0.1) is 12.2 Å². The molecule has 0 radical (unpaired) electrons. The molecule has 3 nitrogen and oxygen atoms in total. The Hall–Kier alpha value is -1.12. The second-order valence-corrected chi connectivity index (χ2v) is 3.81. The Kier molecular flexibility index (Phi) is 1.94. The number of aryl methyl sites for hydroxylation is 2. The van der Waals surface area contributed by atoms with Gasteiger partial charge in [0.1, 0.15) is 5.78 Å². The van der Waals surface area contributed by atoms with Crippen molar-refractivity contribution in [2.75, 3.05) is 0 Å². The molecule has 1 aromatic rings. The monoisotopic (exact) mass is 178 g/mol. The molecule has 0 spiro atoms. The Labute approximate surface area is 77.7 Å². The van der Waals surface area contributed by atoms with Crippen molar-refractivity contribution < 1.29 is 4.79 Å². The summed E-state index contributed by atoms with van der Waals surface area (Å²) < 4.78 is 1.98. The van der Waals surface area contributed by atoms with Gasteiger partial charge in [-0.05, 0) is 32.8 Å². The van der Waals surface area contributed by atoms with E-state index in [2.05, 4.69) is 11.2 Å². The lowest BCUT2D eigenvalue weighted by Gasteiger charge is -2.20. The summed E-state index contributed by atoms with van der Waals surface area (Å²) in [4.78, 5) is 11.2. The van der Waals surface area contributed by atoms with E-state index in [9.17, 15) is 4.79 Å². The van der Waals surface area contributed by atoms with Gasteiger partial charge in [-0.25, -0.2) is 0 Å². The van der Waals surface area contributed by atoms with Crippen molar-refractivity contribution in [3.8, 4) is 0 Å². The van der Waals surface area contributed by atoms with Crippen molar-refractivity contribution in [1.82, 2.24) is 9.78 Å². The van der Waals surface area contributed by atoms with Gasteiger partial charge in [-0.1, -0.05) is 0 Å². The second kappa shape index (κ2) is 2.98. The van der Waals surface area contributed by atoms with E-state index in [1.165, 1.54) is 5.69 Å². The van der Waals surface area contributed by atoms with Crippen molar-refractivity contribution in [1.29, 1.82) is 0 Å². The predicted molar refractivity (Wildman–Crippen MR) is 49.5 cm³/mol. The van der Waals surface area contributed by atoms with E-state index in [4.69, 9.17) is 0 Å². The van der Waals surface area contributed by atoms with E-state index in [0.29, 0.717) is 5.78 Å². The summed E-state index contributed by atoms with van der Waals surface area (Å²) in [5.74, 6) is 0.477. The van der Waals surface area contributed by atoms with Crippen LogP contribution in [0.2, 0.25) is 0 Å². The lowest BCUT2D eigenvalue weighted by Crippen LogP contribution is -2.25. The van der Waals surface area contributed by atoms with Crippen LogP contribution in [-0.4, -0.2) is 15.6 Å². The molecule has 0 fully saturated rings. The minimum Gasteiger partial charge on any atom is -0.300 e. The van der Waals surface area contributed by atoms with E-state index >= 15 is 0 Å². The lowest BCUT2D eigenvalue weighted by atomic mass is 9.95. The number of aromatic nitrogens is 2. The van der Waals surface area contributed by atoms with Crippen LogP contribution in [0.5, 0.6) is 0 Å². The van der Waals surface area contributed by atoms with E-state index in [1.807, 2.05) is 11.6 Å². The van der Waals surface area contributed by atoms with Crippen molar-refractivity contribution >= 4 is 5.78 Å². The molecule has 1 unspecified atom stereocenters. The Morgan fingerprint density at radius 1 is 1.69 bits per heavy atom. The molecule has 0 amide bonds. The van der Waals surface area contributed by atoms with Crippen LogP contribution in [0, 0.1) is 12.8 Å². The highest BCUT2D eigenvalue weighted by Crippen LogP contribution is 2.20. The van der Waals surface area contributed by atoms with Gasteiger partial charge >= 0.3 is 0 Å². The topological polar surface area (TPSA) is 34.9 Å². The molecule has 2 rings (SSSR count). The standard InChI is InChI=1S/C10H14N2O/c1-7-5-10-4-3-9(8(2)13)6-12(10)11-7/h5,9H,3-4,6H2,1-2H3. The summed E-state index contributed by atoms with van der Waals surface area (Å²) in [6, 6.07) is 2.11. The molecule has 1 atom stereocenters. The lowest BCUT2D eigenvalue weighted by molar-refractivity contribution is -0.121. The molecule has 0 aromatic carbocycles. The highest BCUT2D eigenvalue weighted by Gasteiger charge is 2.22. The van der Waals surface area contributed by atoms with Gasteiger partial charge < -0.3 is 0 Å². The molecule has 13 heavy (non-hydrogen) atoms. The number of ketones is 1. The van der Waals surface area contributed by atoms with E-state index in [0.717, 1.165) is 25.1 Å². The first-order valence-electron chi connectivity index (χ1n) is 4.70. The molecule has 3 heteroatoms. The maximum atomic E-state index is 11.2. The van der Waals surface area contributed by atoms with Crippen LogP contribution in [0.15, 0.2) is 6.07 Å². The minimum atomic E-state index is 0.187. The third kappa shape index (κ3) is 1.50. The summed E-state index contributed by atoms with van der Waals surface area (Å²) in [5.41, 5.74) is 2.33. The summed E-state index contributed by atoms with van der Waals surface area (Å²) in [5, 5.41) is 4.35. The van der Waals surface area contributed by atoms with Crippen molar-refractivity contribution in [2.45, 2.75) is 33.2 Å². The zero-order chi connectivity index (χ0) is 9.42. The zero-order valence-electron chi connectivity index (χ0n) is 8.08. The Balaban J connectivity index is 2.24. The predicted octanol–water partition coefficient (Wildman–Crippen LogP) is 1.34. The first kappa shape index (κ1) is 8.48. The van der Waals surface area contributed by atoms with Gasteiger partial charge in [0.2, 0.25) is 0 Å². The van der Waals surface area contributed by atoms with Crippen LogP contribution in [-0.2, 0) is 17.8 Å². The fourth-order valence-electron chi connectivity index (χ4n) is 1.91. The van der Waals surface area contributed by atoms with Crippen LogP contribution < -0.4 is 0 Å². The molecule has 0 saturated heterocycles. The first-order chi connectivity index (χ1) is 6.16. The number of fused-ring (bicyclic) bond motifs is 1. The van der Waals surface area contributed by atoms with Crippen LogP contribution in [0.3, 0.4) is 0 Å². The smallest absolute Gasteiger partial charge is 0.134 e. The van der Waals surface area contributed by atoms with Crippen molar-refractivity contribution in [3.63, 3.8) is 0 Å². The zero-order valence-corrected chi connectivity index (χ0v) is 8.08. The third-order valence-corrected chi connectivity index (χ3v) is 2.70. The fraction of sp³-hybridized carbons (Fsp3) is 0.600. The van der Waals surface area contributed by atoms with Crippen LogP contribution in [0.25, 0.3) is 0 Å². The van der Waals surface area contributed by atoms with Gasteiger partial charge in [-0.3, -0.25) is 9.48 Å². The Morgan fingerprint density at radius 3 is 3.15 bits per heavy atom. The molecule has 70 valence electrons. The molecule has 0 N–H and O–H groups in total. The van der Waals surface area contributed by atoms with Crippen LogP contribution in [0.1, 0.15) is 24.7 Å². The molecule has 1 aromatic heterocycles. The SMILES string of the molecule is CC(=O)C1CCc2cc(C)nn2C1. The fourth-order valence-corrected chi connectivity index (χ4v) is 1.91. The normalized spacial score (nSPS) is 21.2. The van der Waals surface area contributed by atoms with Crippen molar-refractivity contribution in [3.05, 3.63) is 17.5 Å². The number of rotatable bonds is 1. The average Bonchev–Trinajstić information content (AvgIpc) is 2.42. The van der Waals surface area contributed by atoms with Crippen molar-refractivity contribution in [2.24, 2.45) is 5.92 Å². The molecular formula is C10H14N2O. The molecule has 0 bridgehead atoms. The van der Waals surface area contributed by atoms with Crippen LogP contribution >= 0.6 is 0 Å². The molecule has 0 saturated carbocycles. The van der Waals surface area contributed by atoms with Crippen LogP contribution in [0.4, 0.5) is 0 Å². The third-order valence-electron chi connectivity index (χ3n) is 2.70. The number of nitrogens with zero attached hydrogens (tertiary/aromatic N) is 2. The number of carbonyl (C=O) groups is 1. The number of hydrogen-bond donors (Lipinski definition) is 0. The summed E-state index contributed by atoms with van der Waals surface area (Å²) in [6.07, 6.45) is 1.98. The van der Waals surface area contributed by atoms with Gasteiger partial charge in [0.15, 0.2) is 0 Å². The number of carbonyl (C=O) groups excluding carboxylic acids is 1. The van der Waals surface area contributed by atoms with Gasteiger partial charge in [-0.2, -0.15) is 5.10 Å². The average molecular weight is 178 g/mol. The molecule has 0 aliphatic carbocycles. The molecule has 2 heterocycles. The second-order valence-electron chi connectivity index (χ2n) is 3.81. The highest BCUT2D eigenvalue weighted by molar-refractivity contribution is 5.78.